The van der Waals surface area contributed by atoms with E-state index in [4.69, 9.17) is 0 Å². The lowest BCUT2D eigenvalue weighted by Gasteiger charge is -2.40. The maximum absolute atomic E-state index is 13.3. The fourth-order valence-corrected chi connectivity index (χ4v) is 4.38. The van der Waals surface area contributed by atoms with E-state index in [1.54, 1.807) is 4.90 Å². The van der Waals surface area contributed by atoms with Crippen LogP contribution in [0.15, 0.2) is 30.3 Å². The molecule has 1 aromatic rings. The molecule has 1 aliphatic carbocycles. The highest BCUT2D eigenvalue weighted by Crippen LogP contribution is 2.40. The number of aliphatic hydroxyl groups is 1. The predicted octanol–water partition coefficient (Wildman–Crippen LogP) is 2.52. The minimum absolute atomic E-state index is 0.0188. The summed E-state index contributed by atoms with van der Waals surface area (Å²) in [5.74, 6) is 0.378. The molecule has 1 aliphatic heterocycles. The van der Waals surface area contributed by atoms with E-state index in [0.717, 1.165) is 50.8 Å². The molecule has 1 saturated heterocycles. The highest BCUT2D eigenvalue weighted by molar-refractivity contribution is 5.86. The summed E-state index contributed by atoms with van der Waals surface area (Å²) in [5, 5.41) is 15.0. The number of hydrogen-bond acceptors (Lipinski definition) is 3. The van der Waals surface area contributed by atoms with Gasteiger partial charge in [0.05, 0.1) is 0 Å². The number of benzene rings is 1. The Morgan fingerprint density at radius 3 is 2.54 bits per heavy atom. The first-order valence-corrected chi connectivity index (χ1v) is 9.36. The van der Waals surface area contributed by atoms with Crippen LogP contribution in [0.5, 0.6) is 0 Å². The number of hydrogen-bond donors (Lipinski definition) is 2. The molecule has 0 radical (unpaired) electrons. The maximum Gasteiger partial charge on any atom is 0.259 e. The van der Waals surface area contributed by atoms with Crippen molar-refractivity contribution in [3.63, 3.8) is 0 Å². The molecule has 2 N–H and O–H groups in total. The van der Waals surface area contributed by atoms with Crippen LogP contribution in [0.2, 0.25) is 0 Å². The Morgan fingerprint density at radius 2 is 1.92 bits per heavy atom. The van der Waals surface area contributed by atoms with Crippen LogP contribution in [-0.2, 0) is 10.4 Å². The monoisotopic (exact) mass is 330 g/mol. The standard InChI is InChI=1S/C20H30N2O2/c1-22(15-16-12-13-21-14-16)19(23)20(24,17-8-4-2-5-9-17)18-10-6-3-7-11-18/h2,4-5,8-9,16,18,21,24H,3,6-7,10-15H2,1H3. The number of amides is 1. The Balaban J connectivity index is 1.84. The number of nitrogens with zero attached hydrogens (tertiary/aromatic N) is 1. The summed E-state index contributed by atoms with van der Waals surface area (Å²) < 4.78 is 0. The number of carbonyl (C=O) groups is 1. The molecule has 4 nitrogen and oxygen atoms in total. The molecule has 24 heavy (non-hydrogen) atoms. The minimum atomic E-state index is -1.39. The molecule has 0 spiro atoms. The lowest BCUT2D eigenvalue weighted by atomic mass is 9.72. The van der Waals surface area contributed by atoms with Crippen molar-refractivity contribution in [3.8, 4) is 0 Å². The summed E-state index contributed by atoms with van der Waals surface area (Å²) in [5.41, 5.74) is -0.638. The zero-order chi connectivity index (χ0) is 17.0. The maximum atomic E-state index is 13.3. The van der Waals surface area contributed by atoms with Crippen LogP contribution in [0.3, 0.4) is 0 Å². The molecule has 2 aliphatic rings. The Kier molecular flexibility index (Phi) is 5.57. The molecule has 1 heterocycles. The van der Waals surface area contributed by atoms with Crippen molar-refractivity contribution in [2.24, 2.45) is 11.8 Å². The molecule has 2 fully saturated rings. The zero-order valence-corrected chi connectivity index (χ0v) is 14.7. The van der Waals surface area contributed by atoms with Gasteiger partial charge in [-0.15, -0.1) is 0 Å². The second kappa shape index (κ2) is 7.66. The highest BCUT2D eigenvalue weighted by atomic mass is 16.3. The van der Waals surface area contributed by atoms with Crippen LogP contribution in [0.25, 0.3) is 0 Å². The Morgan fingerprint density at radius 1 is 1.21 bits per heavy atom. The van der Waals surface area contributed by atoms with E-state index in [0.29, 0.717) is 12.5 Å². The van der Waals surface area contributed by atoms with Crippen molar-refractivity contribution in [2.45, 2.75) is 44.1 Å². The number of nitrogens with one attached hydrogen (secondary N) is 1. The Labute approximate surface area is 145 Å². The molecule has 3 rings (SSSR count). The van der Waals surface area contributed by atoms with Crippen molar-refractivity contribution in [1.29, 1.82) is 0 Å². The third-order valence-electron chi connectivity index (χ3n) is 5.78. The van der Waals surface area contributed by atoms with Gasteiger partial charge < -0.3 is 15.3 Å². The predicted molar refractivity (Wildman–Crippen MR) is 95.5 cm³/mol. The van der Waals surface area contributed by atoms with E-state index in [1.165, 1.54) is 6.42 Å². The molecule has 2 atom stereocenters. The topological polar surface area (TPSA) is 52.6 Å². The molecule has 132 valence electrons. The molecular formula is C20H30N2O2. The van der Waals surface area contributed by atoms with Gasteiger partial charge in [0.2, 0.25) is 0 Å². The molecule has 1 amide bonds. The summed E-state index contributed by atoms with van der Waals surface area (Å²) in [6, 6.07) is 9.56. The van der Waals surface area contributed by atoms with E-state index >= 15 is 0 Å². The van der Waals surface area contributed by atoms with E-state index in [1.807, 2.05) is 37.4 Å². The van der Waals surface area contributed by atoms with Gasteiger partial charge in [0.1, 0.15) is 0 Å². The van der Waals surface area contributed by atoms with Gasteiger partial charge in [-0.3, -0.25) is 4.79 Å². The van der Waals surface area contributed by atoms with Crippen LogP contribution in [0.4, 0.5) is 0 Å². The zero-order valence-electron chi connectivity index (χ0n) is 14.7. The van der Waals surface area contributed by atoms with Crippen molar-refractivity contribution >= 4 is 5.91 Å². The lowest BCUT2D eigenvalue weighted by molar-refractivity contribution is -0.160. The van der Waals surface area contributed by atoms with Gasteiger partial charge >= 0.3 is 0 Å². The van der Waals surface area contributed by atoms with E-state index in [-0.39, 0.29) is 11.8 Å². The highest BCUT2D eigenvalue weighted by Gasteiger charge is 2.47. The fourth-order valence-electron chi connectivity index (χ4n) is 4.38. The molecule has 2 unspecified atom stereocenters. The largest absolute Gasteiger partial charge is 0.375 e. The quantitative estimate of drug-likeness (QED) is 0.872. The third-order valence-corrected chi connectivity index (χ3v) is 5.78. The van der Waals surface area contributed by atoms with Gasteiger partial charge in [-0.2, -0.15) is 0 Å². The Hall–Kier alpha value is -1.39. The molecule has 0 aromatic heterocycles. The van der Waals surface area contributed by atoms with Crippen LogP contribution in [0, 0.1) is 11.8 Å². The smallest absolute Gasteiger partial charge is 0.259 e. The lowest BCUT2D eigenvalue weighted by Crippen LogP contribution is -2.51. The average Bonchev–Trinajstić information content (AvgIpc) is 3.15. The van der Waals surface area contributed by atoms with E-state index in [2.05, 4.69) is 5.32 Å². The summed E-state index contributed by atoms with van der Waals surface area (Å²) >= 11 is 0. The molecule has 4 heteroatoms. The van der Waals surface area contributed by atoms with Crippen molar-refractivity contribution in [1.82, 2.24) is 10.2 Å². The van der Waals surface area contributed by atoms with Gasteiger partial charge in [0.25, 0.3) is 5.91 Å². The van der Waals surface area contributed by atoms with Gasteiger partial charge in [-0.1, -0.05) is 49.6 Å². The first kappa shape index (κ1) is 17.4. The number of carbonyl (C=O) groups excluding carboxylic acids is 1. The van der Waals surface area contributed by atoms with Crippen LogP contribution in [0.1, 0.15) is 44.1 Å². The van der Waals surface area contributed by atoms with Crippen molar-refractivity contribution < 1.29 is 9.90 Å². The summed E-state index contributed by atoms with van der Waals surface area (Å²) in [6.45, 7) is 2.71. The number of rotatable bonds is 5. The molecule has 0 bridgehead atoms. The Bertz CT molecular complexity index is 536. The van der Waals surface area contributed by atoms with E-state index in [9.17, 15) is 9.90 Å². The van der Waals surface area contributed by atoms with Crippen LogP contribution in [-0.4, -0.2) is 42.6 Å². The molecule has 1 saturated carbocycles. The third kappa shape index (κ3) is 3.50. The van der Waals surface area contributed by atoms with Crippen LogP contribution < -0.4 is 5.32 Å². The van der Waals surface area contributed by atoms with Gasteiger partial charge in [0.15, 0.2) is 5.60 Å². The fraction of sp³-hybridized carbons (Fsp3) is 0.650. The summed E-state index contributed by atoms with van der Waals surface area (Å²) in [7, 11) is 1.84. The van der Waals surface area contributed by atoms with Crippen molar-refractivity contribution in [3.05, 3.63) is 35.9 Å². The second-order valence-electron chi connectivity index (χ2n) is 7.51. The summed E-state index contributed by atoms with van der Waals surface area (Å²) in [4.78, 5) is 15.1. The summed E-state index contributed by atoms with van der Waals surface area (Å²) in [6.07, 6.45) is 6.36. The van der Waals surface area contributed by atoms with Gasteiger partial charge in [-0.25, -0.2) is 0 Å². The first-order chi connectivity index (χ1) is 11.6. The minimum Gasteiger partial charge on any atom is -0.375 e. The van der Waals surface area contributed by atoms with Gasteiger partial charge in [0, 0.05) is 19.5 Å². The number of likely N-dealkylation sites (N-methyl/N-ethyl adjacent to an activating group) is 1. The van der Waals surface area contributed by atoms with Crippen molar-refractivity contribution in [2.75, 3.05) is 26.7 Å². The molecular weight excluding hydrogens is 300 g/mol. The first-order valence-electron chi connectivity index (χ1n) is 9.36. The van der Waals surface area contributed by atoms with E-state index < -0.39 is 5.60 Å². The van der Waals surface area contributed by atoms with Crippen LogP contribution >= 0.6 is 0 Å². The van der Waals surface area contributed by atoms with Gasteiger partial charge in [-0.05, 0) is 43.8 Å². The SMILES string of the molecule is CN(CC1CCNC1)C(=O)C(O)(c1ccccc1)C1CCCCC1. The molecule has 1 aromatic carbocycles. The average molecular weight is 330 g/mol. The second-order valence-corrected chi connectivity index (χ2v) is 7.51. The normalized spacial score (nSPS) is 24.5.